The number of para-hydroxylation sites is 1. The molecule has 3 aromatic heterocycles. The van der Waals surface area contributed by atoms with Crippen molar-refractivity contribution in [1.29, 1.82) is 0 Å². The quantitative estimate of drug-likeness (QED) is 0.432. The Morgan fingerprint density at radius 1 is 1.29 bits per heavy atom. The van der Waals surface area contributed by atoms with Crippen molar-refractivity contribution in [3.8, 4) is 17.1 Å². The predicted octanol–water partition coefficient (Wildman–Crippen LogP) is 2.14. The third-order valence-electron chi connectivity index (χ3n) is 5.15. The van der Waals surface area contributed by atoms with Crippen LogP contribution >= 0.6 is 0 Å². The van der Waals surface area contributed by atoms with E-state index in [4.69, 9.17) is 9.72 Å². The molecule has 0 unspecified atom stereocenters. The first-order chi connectivity index (χ1) is 15.1. The van der Waals surface area contributed by atoms with Gasteiger partial charge in [-0.1, -0.05) is 6.07 Å². The highest BCUT2D eigenvalue weighted by molar-refractivity contribution is 6.05. The number of aromatic nitrogens is 7. The number of nitrogens with one attached hydrogen (secondary N) is 3. The van der Waals surface area contributed by atoms with E-state index in [1.54, 1.807) is 32.2 Å². The summed E-state index contributed by atoms with van der Waals surface area (Å²) in [5.74, 6) is 1.97. The van der Waals surface area contributed by atoms with Gasteiger partial charge in [0.15, 0.2) is 22.9 Å². The van der Waals surface area contributed by atoms with Crippen LogP contribution in [-0.2, 0) is 7.05 Å². The number of carbonyl (C=O) groups excluding carboxylic acids is 1. The van der Waals surface area contributed by atoms with Gasteiger partial charge in [-0.3, -0.25) is 9.48 Å². The Kier molecular flexibility index (Phi) is 4.50. The first kappa shape index (κ1) is 19.0. The van der Waals surface area contributed by atoms with E-state index in [-0.39, 0.29) is 11.6 Å². The molecule has 1 fully saturated rings. The number of benzene rings is 1. The molecule has 1 aliphatic rings. The topological polar surface area (TPSA) is 136 Å². The number of methoxy groups -OCH3 is 1. The molecule has 1 amide bonds. The summed E-state index contributed by atoms with van der Waals surface area (Å²) in [6.07, 6.45) is 3.80. The summed E-state index contributed by atoms with van der Waals surface area (Å²) in [5, 5.41) is 18.6. The lowest BCUT2D eigenvalue weighted by Crippen LogP contribution is -2.21. The molecule has 158 valence electrons. The second-order valence-electron chi connectivity index (χ2n) is 7.35. The monoisotopic (exact) mass is 419 g/mol. The van der Waals surface area contributed by atoms with Crippen LogP contribution in [0.4, 0.5) is 11.4 Å². The summed E-state index contributed by atoms with van der Waals surface area (Å²) in [6.45, 7) is 0. The van der Waals surface area contributed by atoms with Crippen LogP contribution < -0.4 is 15.4 Å². The largest absolute Gasteiger partial charge is 0.494 e. The normalized spacial score (nSPS) is 13.4. The lowest BCUT2D eigenvalue weighted by atomic mass is 10.1. The van der Waals surface area contributed by atoms with E-state index in [0.29, 0.717) is 45.6 Å². The number of nitrogens with zero attached hydrogens (tertiary/aromatic N) is 6. The number of ether oxygens (including phenoxy) is 1. The van der Waals surface area contributed by atoms with Gasteiger partial charge in [-0.05, 0) is 25.0 Å². The molecular weight excluding hydrogens is 398 g/mol. The van der Waals surface area contributed by atoms with E-state index >= 15 is 0 Å². The smallest absolute Gasteiger partial charge is 0.273 e. The molecule has 0 bridgehead atoms. The fourth-order valence-corrected chi connectivity index (χ4v) is 3.47. The van der Waals surface area contributed by atoms with Crippen LogP contribution in [0.25, 0.3) is 22.6 Å². The highest BCUT2D eigenvalue weighted by Crippen LogP contribution is 2.41. The molecule has 1 aliphatic carbocycles. The van der Waals surface area contributed by atoms with Gasteiger partial charge in [0.05, 0.1) is 18.4 Å². The van der Waals surface area contributed by atoms with Crippen molar-refractivity contribution in [2.24, 2.45) is 7.05 Å². The number of carbonyl (C=O) groups is 1. The molecule has 3 N–H and O–H groups in total. The van der Waals surface area contributed by atoms with Crippen LogP contribution in [0.15, 0.2) is 24.5 Å². The molecule has 0 atom stereocenters. The number of H-pyrrole nitrogens is 1. The van der Waals surface area contributed by atoms with Crippen molar-refractivity contribution in [2.75, 3.05) is 19.5 Å². The first-order valence-corrected chi connectivity index (χ1v) is 9.87. The van der Waals surface area contributed by atoms with Gasteiger partial charge in [0.2, 0.25) is 0 Å². The number of amides is 1. The summed E-state index contributed by atoms with van der Waals surface area (Å²) >= 11 is 0. The summed E-state index contributed by atoms with van der Waals surface area (Å²) in [7, 11) is 4.92. The molecule has 5 rings (SSSR count). The molecule has 1 saturated carbocycles. The number of aromatic amines is 1. The zero-order chi connectivity index (χ0) is 21.5. The number of fused-ring (bicyclic) bond motifs is 1. The average molecular weight is 419 g/mol. The minimum atomic E-state index is -0.366. The Bertz CT molecular complexity index is 1290. The van der Waals surface area contributed by atoms with E-state index in [2.05, 4.69) is 35.9 Å². The molecule has 11 heteroatoms. The molecule has 11 nitrogen and oxygen atoms in total. The standard InChI is InChI=1S/C20H21N9O2/c1-21-20(30)15-13(14-19(27-26-15)25-17(24-14)10-7-8-10)23-12-6-4-5-11(16(12)31-3)18-22-9-29(2)28-18/h4-6,9-10H,7-8H2,1-3H3,(H,21,30)(H2,23,24,25,27). The number of aryl methyl sites for hydroxylation is 1. The molecule has 0 saturated heterocycles. The Balaban J connectivity index is 1.65. The average Bonchev–Trinajstić information content (AvgIpc) is 3.40. The zero-order valence-corrected chi connectivity index (χ0v) is 17.3. The molecule has 0 radical (unpaired) electrons. The lowest BCUT2D eigenvalue weighted by molar-refractivity contribution is 0.0958. The van der Waals surface area contributed by atoms with Crippen molar-refractivity contribution >= 4 is 28.4 Å². The van der Waals surface area contributed by atoms with Crippen molar-refractivity contribution in [3.63, 3.8) is 0 Å². The van der Waals surface area contributed by atoms with Gasteiger partial charge in [0.25, 0.3) is 5.91 Å². The van der Waals surface area contributed by atoms with Crippen LogP contribution in [0.2, 0.25) is 0 Å². The fourth-order valence-electron chi connectivity index (χ4n) is 3.47. The molecule has 0 spiro atoms. The van der Waals surface area contributed by atoms with E-state index in [0.717, 1.165) is 18.7 Å². The van der Waals surface area contributed by atoms with E-state index in [9.17, 15) is 4.79 Å². The highest BCUT2D eigenvalue weighted by Gasteiger charge is 2.29. The molecule has 3 heterocycles. The minimum Gasteiger partial charge on any atom is -0.494 e. The Morgan fingerprint density at radius 3 is 2.81 bits per heavy atom. The van der Waals surface area contributed by atoms with Crippen molar-refractivity contribution in [3.05, 3.63) is 36.0 Å². The van der Waals surface area contributed by atoms with E-state index in [1.165, 1.54) is 0 Å². The third kappa shape index (κ3) is 3.33. The van der Waals surface area contributed by atoms with Crippen LogP contribution in [0.3, 0.4) is 0 Å². The van der Waals surface area contributed by atoms with Crippen LogP contribution in [-0.4, -0.2) is 55.0 Å². The summed E-state index contributed by atoms with van der Waals surface area (Å²) in [5.41, 5.74) is 3.03. The maximum Gasteiger partial charge on any atom is 0.273 e. The van der Waals surface area contributed by atoms with Gasteiger partial charge in [-0.25, -0.2) is 9.97 Å². The second kappa shape index (κ2) is 7.35. The predicted molar refractivity (Wildman–Crippen MR) is 113 cm³/mol. The fraction of sp³-hybridized carbons (Fsp3) is 0.300. The summed E-state index contributed by atoms with van der Waals surface area (Å²) < 4.78 is 7.31. The molecule has 31 heavy (non-hydrogen) atoms. The van der Waals surface area contributed by atoms with Gasteiger partial charge in [-0.15, -0.1) is 10.2 Å². The molecular formula is C20H21N9O2. The van der Waals surface area contributed by atoms with Crippen molar-refractivity contribution < 1.29 is 9.53 Å². The number of imidazole rings is 1. The second-order valence-corrected chi connectivity index (χ2v) is 7.35. The van der Waals surface area contributed by atoms with Crippen LogP contribution in [0.5, 0.6) is 5.75 Å². The van der Waals surface area contributed by atoms with Gasteiger partial charge in [-0.2, -0.15) is 5.10 Å². The Labute approximate surface area is 177 Å². The summed E-state index contributed by atoms with van der Waals surface area (Å²) in [4.78, 5) is 24.8. The number of rotatable bonds is 6. The number of hydrogen-bond acceptors (Lipinski definition) is 8. The summed E-state index contributed by atoms with van der Waals surface area (Å²) in [6, 6.07) is 5.58. The van der Waals surface area contributed by atoms with Crippen molar-refractivity contribution in [1.82, 2.24) is 40.2 Å². The molecule has 4 aromatic rings. The SMILES string of the molecule is CNC(=O)c1nnc2[nH]c(C3CC3)nc2c1Nc1cccc(-c2ncn(C)n2)c1OC. The van der Waals surface area contributed by atoms with Gasteiger partial charge < -0.3 is 20.4 Å². The molecule has 0 aliphatic heterocycles. The third-order valence-corrected chi connectivity index (χ3v) is 5.15. The van der Waals surface area contributed by atoms with E-state index < -0.39 is 0 Å². The van der Waals surface area contributed by atoms with Crippen LogP contribution in [0.1, 0.15) is 35.1 Å². The molecule has 1 aromatic carbocycles. The van der Waals surface area contributed by atoms with Gasteiger partial charge in [0.1, 0.15) is 23.4 Å². The van der Waals surface area contributed by atoms with Crippen molar-refractivity contribution in [2.45, 2.75) is 18.8 Å². The minimum absolute atomic E-state index is 0.146. The highest BCUT2D eigenvalue weighted by atomic mass is 16.5. The number of hydrogen-bond donors (Lipinski definition) is 3. The maximum atomic E-state index is 12.5. The maximum absolute atomic E-state index is 12.5. The lowest BCUT2D eigenvalue weighted by Gasteiger charge is -2.15. The first-order valence-electron chi connectivity index (χ1n) is 9.87. The van der Waals surface area contributed by atoms with Crippen LogP contribution in [0, 0.1) is 0 Å². The van der Waals surface area contributed by atoms with E-state index in [1.807, 2.05) is 18.2 Å². The zero-order valence-electron chi connectivity index (χ0n) is 17.3. The van der Waals surface area contributed by atoms with Gasteiger partial charge in [0, 0.05) is 20.0 Å². The van der Waals surface area contributed by atoms with Gasteiger partial charge >= 0.3 is 0 Å². The Hall–Kier alpha value is -4.02. The number of anilines is 2. The Morgan fingerprint density at radius 2 is 2.13 bits per heavy atom.